The molecule has 1 rings (SSSR count). The highest BCUT2D eigenvalue weighted by molar-refractivity contribution is 5.69. The smallest absolute Gasteiger partial charge is 0.305 e. The standard InChI is InChI=1S/C9H16O4/c10-6-8-7-13-9(11)4-2-1-3-5-12-8/h8,10H,1-7H2. The lowest BCUT2D eigenvalue weighted by Gasteiger charge is -2.17. The number of cyclic esters (lactones) is 1. The molecule has 0 amide bonds. The normalized spacial score (nSPS) is 26.5. The van der Waals surface area contributed by atoms with Gasteiger partial charge in [0.25, 0.3) is 0 Å². The van der Waals surface area contributed by atoms with E-state index in [1.165, 1.54) is 0 Å². The largest absolute Gasteiger partial charge is 0.463 e. The third-order valence-electron chi connectivity index (χ3n) is 2.01. The number of rotatable bonds is 1. The van der Waals surface area contributed by atoms with Gasteiger partial charge in [-0.1, -0.05) is 6.42 Å². The van der Waals surface area contributed by atoms with E-state index in [-0.39, 0.29) is 25.3 Å². The van der Waals surface area contributed by atoms with Gasteiger partial charge in [-0.3, -0.25) is 4.79 Å². The van der Waals surface area contributed by atoms with Gasteiger partial charge in [0.2, 0.25) is 0 Å². The first-order valence-electron chi connectivity index (χ1n) is 4.71. The fourth-order valence-corrected chi connectivity index (χ4v) is 1.21. The maximum atomic E-state index is 11.0. The number of ether oxygens (including phenoxy) is 2. The highest BCUT2D eigenvalue weighted by Gasteiger charge is 2.12. The number of aliphatic hydroxyl groups excluding tert-OH is 1. The number of hydrogen-bond donors (Lipinski definition) is 1. The van der Waals surface area contributed by atoms with Crippen molar-refractivity contribution in [3.63, 3.8) is 0 Å². The molecule has 1 saturated heterocycles. The maximum Gasteiger partial charge on any atom is 0.305 e. The van der Waals surface area contributed by atoms with Crippen LogP contribution in [0.2, 0.25) is 0 Å². The Kier molecular flexibility index (Phi) is 4.78. The fraction of sp³-hybridized carbons (Fsp3) is 0.889. The van der Waals surface area contributed by atoms with E-state index < -0.39 is 0 Å². The minimum atomic E-state index is -0.345. The zero-order valence-corrected chi connectivity index (χ0v) is 7.70. The molecule has 0 aliphatic carbocycles. The van der Waals surface area contributed by atoms with E-state index in [0.717, 1.165) is 19.3 Å². The van der Waals surface area contributed by atoms with E-state index in [9.17, 15) is 4.79 Å². The van der Waals surface area contributed by atoms with E-state index >= 15 is 0 Å². The quantitative estimate of drug-likeness (QED) is 0.608. The lowest BCUT2D eigenvalue weighted by Crippen LogP contribution is -2.26. The molecule has 1 aliphatic rings. The van der Waals surface area contributed by atoms with Crippen LogP contribution in [0.25, 0.3) is 0 Å². The molecule has 1 aliphatic heterocycles. The first kappa shape index (κ1) is 10.5. The fourth-order valence-electron chi connectivity index (χ4n) is 1.21. The van der Waals surface area contributed by atoms with Gasteiger partial charge in [0.05, 0.1) is 6.61 Å². The van der Waals surface area contributed by atoms with E-state index in [2.05, 4.69) is 0 Å². The molecule has 1 fully saturated rings. The van der Waals surface area contributed by atoms with Crippen LogP contribution in [0, 0.1) is 0 Å². The Balaban J connectivity index is 2.32. The minimum absolute atomic E-state index is 0.0900. The number of hydrogen-bond acceptors (Lipinski definition) is 4. The molecular formula is C9H16O4. The lowest BCUT2D eigenvalue weighted by atomic mass is 10.2. The van der Waals surface area contributed by atoms with Gasteiger partial charge in [-0.2, -0.15) is 0 Å². The van der Waals surface area contributed by atoms with Crippen LogP contribution < -0.4 is 0 Å². The van der Waals surface area contributed by atoms with Crippen LogP contribution in [0.15, 0.2) is 0 Å². The second-order valence-corrected chi connectivity index (χ2v) is 3.17. The molecule has 0 aromatic heterocycles. The van der Waals surface area contributed by atoms with Crippen molar-refractivity contribution in [2.45, 2.75) is 31.8 Å². The van der Waals surface area contributed by atoms with Crippen LogP contribution in [-0.2, 0) is 14.3 Å². The Hall–Kier alpha value is -0.610. The van der Waals surface area contributed by atoms with Crippen molar-refractivity contribution in [3.05, 3.63) is 0 Å². The summed E-state index contributed by atoms with van der Waals surface area (Å²) in [6.45, 7) is 0.728. The Morgan fingerprint density at radius 3 is 3.00 bits per heavy atom. The maximum absolute atomic E-state index is 11.0. The summed E-state index contributed by atoms with van der Waals surface area (Å²) in [7, 11) is 0. The predicted molar refractivity (Wildman–Crippen MR) is 46.3 cm³/mol. The summed E-state index contributed by atoms with van der Waals surface area (Å²) in [5.41, 5.74) is 0. The first-order valence-corrected chi connectivity index (χ1v) is 4.71. The summed E-state index contributed by atoms with van der Waals surface area (Å²) in [5, 5.41) is 8.84. The summed E-state index contributed by atoms with van der Waals surface area (Å²) in [6, 6.07) is 0. The van der Waals surface area contributed by atoms with Crippen LogP contribution in [0.5, 0.6) is 0 Å². The topological polar surface area (TPSA) is 55.8 Å². The SMILES string of the molecule is O=C1CCCCCOC(CO)CO1. The minimum Gasteiger partial charge on any atom is -0.463 e. The van der Waals surface area contributed by atoms with E-state index in [4.69, 9.17) is 14.6 Å². The van der Waals surface area contributed by atoms with E-state index in [1.807, 2.05) is 0 Å². The van der Waals surface area contributed by atoms with Crippen LogP contribution >= 0.6 is 0 Å². The van der Waals surface area contributed by atoms with E-state index in [1.54, 1.807) is 0 Å². The van der Waals surface area contributed by atoms with Crippen LogP contribution in [0.3, 0.4) is 0 Å². The molecule has 0 spiro atoms. The number of aliphatic hydroxyl groups is 1. The average Bonchev–Trinajstić information content (AvgIpc) is 2.16. The monoisotopic (exact) mass is 188 g/mol. The Morgan fingerprint density at radius 1 is 1.38 bits per heavy atom. The number of esters is 1. The third-order valence-corrected chi connectivity index (χ3v) is 2.01. The molecule has 0 radical (unpaired) electrons. The average molecular weight is 188 g/mol. The molecule has 13 heavy (non-hydrogen) atoms. The molecular weight excluding hydrogens is 172 g/mol. The van der Waals surface area contributed by atoms with Crippen molar-refractivity contribution in [1.82, 2.24) is 0 Å². The molecule has 1 N–H and O–H groups in total. The summed E-state index contributed by atoms with van der Waals surface area (Å²) < 4.78 is 10.2. The summed E-state index contributed by atoms with van der Waals surface area (Å²) in [4.78, 5) is 11.0. The van der Waals surface area contributed by atoms with Gasteiger partial charge >= 0.3 is 5.97 Å². The molecule has 0 aromatic carbocycles. The van der Waals surface area contributed by atoms with Crippen LogP contribution in [-0.4, -0.2) is 37.0 Å². The second kappa shape index (κ2) is 5.94. The molecule has 0 aromatic rings. The Labute approximate surface area is 77.8 Å². The number of carbonyl (C=O) groups excluding carboxylic acids is 1. The van der Waals surface area contributed by atoms with Crippen molar-refractivity contribution in [3.8, 4) is 0 Å². The summed E-state index contributed by atoms with van der Waals surface area (Å²) in [5.74, 6) is -0.191. The third kappa shape index (κ3) is 4.24. The molecule has 4 nitrogen and oxygen atoms in total. The molecule has 0 saturated carbocycles. The zero-order chi connectivity index (χ0) is 9.52. The van der Waals surface area contributed by atoms with Crippen molar-refractivity contribution >= 4 is 5.97 Å². The van der Waals surface area contributed by atoms with Gasteiger partial charge in [-0.15, -0.1) is 0 Å². The first-order chi connectivity index (χ1) is 6.33. The van der Waals surface area contributed by atoms with Crippen LogP contribution in [0.4, 0.5) is 0 Å². The summed E-state index contributed by atoms with van der Waals surface area (Å²) in [6.07, 6.45) is 2.93. The molecule has 0 bridgehead atoms. The highest BCUT2D eigenvalue weighted by Crippen LogP contribution is 2.06. The van der Waals surface area contributed by atoms with Gasteiger partial charge in [-0.25, -0.2) is 0 Å². The van der Waals surface area contributed by atoms with Gasteiger partial charge in [0.15, 0.2) is 0 Å². The molecule has 1 heterocycles. The van der Waals surface area contributed by atoms with E-state index in [0.29, 0.717) is 13.0 Å². The lowest BCUT2D eigenvalue weighted by molar-refractivity contribution is -0.150. The van der Waals surface area contributed by atoms with Crippen LogP contribution in [0.1, 0.15) is 25.7 Å². The molecule has 76 valence electrons. The highest BCUT2D eigenvalue weighted by atomic mass is 16.6. The summed E-state index contributed by atoms with van der Waals surface area (Å²) >= 11 is 0. The predicted octanol–water partition coefficient (Wildman–Crippen LogP) is 0.481. The van der Waals surface area contributed by atoms with Gasteiger partial charge in [-0.05, 0) is 12.8 Å². The van der Waals surface area contributed by atoms with Crippen molar-refractivity contribution < 1.29 is 19.4 Å². The second-order valence-electron chi connectivity index (χ2n) is 3.17. The van der Waals surface area contributed by atoms with Gasteiger partial charge < -0.3 is 14.6 Å². The van der Waals surface area contributed by atoms with Crippen molar-refractivity contribution in [1.29, 1.82) is 0 Å². The Bertz CT molecular complexity index is 158. The van der Waals surface area contributed by atoms with Gasteiger partial charge in [0.1, 0.15) is 12.7 Å². The molecule has 4 heteroatoms. The van der Waals surface area contributed by atoms with Crippen molar-refractivity contribution in [2.75, 3.05) is 19.8 Å². The van der Waals surface area contributed by atoms with Crippen molar-refractivity contribution in [2.24, 2.45) is 0 Å². The molecule has 1 unspecified atom stereocenters. The molecule has 1 atom stereocenters. The number of carbonyl (C=O) groups is 1. The Morgan fingerprint density at radius 2 is 2.23 bits per heavy atom. The van der Waals surface area contributed by atoms with Gasteiger partial charge in [0, 0.05) is 13.0 Å². The zero-order valence-electron chi connectivity index (χ0n) is 7.70.